The van der Waals surface area contributed by atoms with Crippen molar-refractivity contribution in [1.29, 1.82) is 0 Å². The quantitative estimate of drug-likeness (QED) is 0.589. The van der Waals surface area contributed by atoms with E-state index in [1.807, 2.05) is 23.6 Å². The van der Waals surface area contributed by atoms with E-state index in [4.69, 9.17) is 23.2 Å². The molecule has 124 valence electrons. The number of rotatable bonds is 5. The molecule has 3 rings (SSSR count). The van der Waals surface area contributed by atoms with Gasteiger partial charge in [-0.1, -0.05) is 41.0 Å². The Bertz CT molecular complexity index is 838. The predicted octanol–water partition coefficient (Wildman–Crippen LogP) is 4.92. The van der Waals surface area contributed by atoms with Crippen LogP contribution in [0.25, 0.3) is 11.5 Å². The van der Waals surface area contributed by atoms with Crippen LogP contribution < -0.4 is 0 Å². The van der Waals surface area contributed by atoms with Crippen LogP contribution in [0.3, 0.4) is 0 Å². The SMILES string of the molecule is CCn1c(S[C@@H](C)c2ccc(Cl)cc2Cl)nnc1-c1cnccn1. The van der Waals surface area contributed by atoms with Gasteiger partial charge in [0, 0.05) is 34.2 Å². The highest BCUT2D eigenvalue weighted by molar-refractivity contribution is 7.99. The van der Waals surface area contributed by atoms with Crippen LogP contribution in [-0.4, -0.2) is 24.7 Å². The van der Waals surface area contributed by atoms with Crippen molar-refractivity contribution < 1.29 is 0 Å². The van der Waals surface area contributed by atoms with Crippen LogP contribution in [0.4, 0.5) is 0 Å². The van der Waals surface area contributed by atoms with Crippen molar-refractivity contribution in [2.45, 2.75) is 30.8 Å². The summed E-state index contributed by atoms with van der Waals surface area (Å²) in [7, 11) is 0. The fourth-order valence-corrected chi connectivity index (χ4v) is 4.03. The summed E-state index contributed by atoms with van der Waals surface area (Å²) in [5.74, 6) is 0.711. The van der Waals surface area contributed by atoms with Gasteiger partial charge in [0.15, 0.2) is 11.0 Å². The van der Waals surface area contributed by atoms with Crippen LogP contribution in [-0.2, 0) is 6.54 Å². The zero-order valence-corrected chi connectivity index (χ0v) is 15.5. The van der Waals surface area contributed by atoms with Crippen molar-refractivity contribution in [2.24, 2.45) is 0 Å². The van der Waals surface area contributed by atoms with Crippen molar-refractivity contribution >= 4 is 35.0 Å². The molecule has 0 aliphatic heterocycles. The van der Waals surface area contributed by atoms with Gasteiger partial charge in [0.2, 0.25) is 0 Å². The first kappa shape index (κ1) is 17.2. The Hall–Kier alpha value is -1.63. The second-order valence-electron chi connectivity index (χ2n) is 5.07. The van der Waals surface area contributed by atoms with Gasteiger partial charge in [-0.2, -0.15) is 0 Å². The molecule has 0 unspecified atom stereocenters. The number of aromatic nitrogens is 5. The molecule has 0 bridgehead atoms. The highest BCUT2D eigenvalue weighted by atomic mass is 35.5. The number of hydrogen-bond donors (Lipinski definition) is 0. The topological polar surface area (TPSA) is 56.5 Å². The van der Waals surface area contributed by atoms with E-state index in [1.165, 1.54) is 0 Å². The maximum atomic E-state index is 6.31. The lowest BCUT2D eigenvalue weighted by Crippen LogP contribution is -2.02. The molecule has 0 N–H and O–H groups in total. The summed E-state index contributed by atoms with van der Waals surface area (Å²) < 4.78 is 2.02. The van der Waals surface area contributed by atoms with Gasteiger partial charge < -0.3 is 4.57 Å². The molecule has 24 heavy (non-hydrogen) atoms. The number of hydrogen-bond acceptors (Lipinski definition) is 5. The lowest BCUT2D eigenvalue weighted by Gasteiger charge is -2.14. The number of benzene rings is 1. The van der Waals surface area contributed by atoms with Gasteiger partial charge in [-0.25, -0.2) is 4.98 Å². The molecule has 3 aromatic rings. The Labute approximate surface area is 154 Å². The number of thioether (sulfide) groups is 1. The van der Waals surface area contributed by atoms with Crippen molar-refractivity contribution in [3.05, 3.63) is 52.4 Å². The van der Waals surface area contributed by atoms with Gasteiger partial charge in [0.25, 0.3) is 0 Å². The summed E-state index contributed by atoms with van der Waals surface area (Å²) in [4.78, 5) is 8.39. The zero-order valence-electron chi connectivity index (χ0n) is 13.1. The van der Waals surface area contributed by atoms with E-state index in [0.29, 0.717) is 21.6 Å². The Morgan fingerprint density at radius 3 is 2.71 bits per heavy atom. The van der Waals surface area contributed by atoms with Gasteiger partial charge in [0.05, 0.1) is 6.20 Å². The predicted molar refractivity (Wildman–Crippen MR) is 97.5 cm³/mol. The highest BCUT2D eigenvalue weighted by Gasteiger charge is 2.19. The lowest BCUT2D eigenvalue weighted by molar-refractivity contribution is 0.684. The zero-order chi connectivity index (χ0) is 17.1. The smallest absolute Gasteiger partial charge is 0.192 e. The third-order valence-corrected chi connectivity index (χ3v) is 5.19. The summed E-state index contributed by atoms with van der Waals surface area (Å²) in [6.45, 7) is 4.87. The molecule has 1 atom stereocenters. The summed E-state index contributed by atoms with van der Waals surface area (Å²) in [6.07, 6.45) is 4.97. The van der Waals surface area contributed by atoms with Crippen LogP contribution in [0.2, 0.25) is 10.0 Å². The van der Waals surface area contributed by atoms with Crippen LogP contribution >= 0.6 is 35.0 Å². The van der Waals surface area contributed by atoms with Gasteiger partial charge >= 0.3 is 0 Å². The van der Waals surface area contributed by atoms with Crippen LogP contribution in [0, 0.1) is 0 Å². The summed E-state index contributed by atoms with van der Waals surface area (Å²) >= 11 is 13.9. The molecule has 0 amide bonds. The Morgan fingerprint density at radius 2 is 2.04 bits per heavy atom. The van der Waals surface area contributed by atoms with Gasteiger partial charge in [-0.3, -0.25) is 4.98 Å². The fourth-order valence-electron chi connectivity index (χ4n) is 2.32. The van der Waals surface area contributed by atoms with E-state index in [2.05, 4.69) is 27.1 Å². The van der Waals surface area contributed by atoms with Crippen LogP contribution in [0.15, 0.2) is 41.9 Å². The molecular weight excluding hydrogens is 365 g/mol. The monoisotopic (exact) mass is 379 g/mol. The first-order valence-electron chi connectivity index (χ1n) is 7.41. The van der Waals surface area contributed by atoms with E-state index >= 15 is 0 Å². The molecule has 0 radical (unpaired) electrons. The summed E-state index contributed by atoms with van der Waals surface area (Å²) in [5, 5.41) is 10.8. The molecule has 5 nitrogen and oxygen atoms in total. The summed E-state index contributed by atoms with van der Waals surface area (Å²) in [5.41, 5.74) is 1.72. The van der Waals surface area contributed by atoms with Crippen molar-refractivity contribution in [3.8, 4) is 11.5 Å². The molecule has 0 aliphatic rings. The Kier molecular flexibility index (Phi) is 5.38. The van der Waals surface area contributed by atoms with Crippen molar-refractivity contribution in [3.63, 3.8) is 0 Å². The minimum atomic E-state index is 0.110. The summed E-state index contributed by atoms with van der Waals surface area (Å²) in [6, 6.07) is 5.54. The molecule has 8 heteroatoms. The average molecular weight is 380 g/mol. The fraction of sp³-hybridized carbons (Fsp3) is 0.250. The van der Waals surface area contributed by atoms with Crippen molar-refractivity contribution in [1.82, 2.24) is 24.7 Å². The Morgan fingerprint density at radius 1 is 1.21 bits per heavy atom. The molecule has 0 saturated carbocycles. The van der Waals surface area contributed by atoms with Crippen LogP contribution in [0.5, 0.6) is 0 Å². The van der Waals surface area contributed by atoms with E-state index in [9.17, 15) is 0 Å². The first-order chi connectivity index (χ1) is 11.6. The normalized spacial score (nSPS) is 12.3. The van der Waals surface area contributed by atoms with Crippen molar-refractivity contribution in [2.75, 3.05) is 0 Å². The Balaban J connectivity index is 1.89. The second-order valence-corrected chi connectivity index (χ2v) is 7.22. The minimum absolute atomic E-state index is 0.110. The van der Waals surface area contributed by atoms with E-state index in [-0.39, 0.29) is 5.25 Å². The maximum absolute atomic E-state index is 6.31. The van der Waals surface area contributed by atoms with E-state index in [0.717, 1.165) is 17.3 Å². The number of halogens is 2. The standard InChI is InChI=1S/C16H15Cl2N5S/c1-3-23-15(14-9-19-6-7-20-14)21-22-16(23)24-10(2)12-5-4-11(17)8-13(12)18/h4-10H,3H2,1-2H3/t10-/m0/s1. The molecule has 0 aliphatic carbocycles. The van der Waals surface area contributed by atoms with Gasteiger partial charge in [0.1, 0.15) is 5.69 Å². The molecular formula is C16H15Cl2N5S. The maximum Gasteiger partial charge on any atom is 0.192 e. The molecule has 2 heterocycles. The van der Waals surface area contributed by atoms with Gasteiger partial charge in [-0.05, 0) is 31.5 Å². The van der Waals surface area contributed by atoms with Crippen LogP contribution in [0.1, 0.15) is 24.7 Å². The number of nitrogens with zero attached hydrogens (tertiary/aromatic N) is 5. The molecule has 0 fully saturated rings. The van der Waals surface area contributed by atoms with E-state index < -0.39 is 0 Å². The third kappa shape index (κ3) is 3.55. The first-order valence-corrected chi connectivity index (χ1v) is 9.05. The van der Waals surface area contributed by atoms with Gasteiger partial charge in [-0.15, -0.1) is 10.2 Å². The third-order valence-electron chi connectivity index (χ3n) is 3.51. The molecule has 0 spiro atoms. The molecule has 1 aromatic carbocycles. The lowest BCUT2D eigenvalue weighted by atomic mass is 10.2. The largest absolute Gasteiger partial charge is 0.301 e. The minimum Gasteiger partial charge on any atom is -0.301 e. The average Bonchev–Trinajstić information content (AvgIpc) is 2.98. The molecule has 0 saturated heterocycles. The molecule has 2 aromatic heterocycles. The van der Waals surface area contributed by atoms with E-state index in [1.54, 1.807) is 36.4 Å². The highest BCUT2D eigenvalue weighted by Crippen LogP contribution is 2.38. The second kappa shape index (κ2) is 7.51.